The van der Waals surface area contributed by atoms with Crippen molar-refractivity contribution in [1.82, 2.24) is 16.0 Å². The van der Waals surface area contributed by atoms with Gasteiger partial charge in [0.25, 0.3) is 0 Å². The van der Waals surface area contributed by atoms with Gasteiger partial charge in [-0.3, -0.25) is 28.8 Å². The fraction of sp³-hybridized carbons (Fsp3) is 0.632. The molecule has 0 radical (unpaired) electrons. The average molecular weight is 488 g/mol. The van der Waals surface area contributed by atoms with Gasteiger partial charge in [-0.1, -0.05) is 13.8 Å². The van der Waals surface area contributed by atoms with Gasteiger partial charge in [0.2, 0.25) is 29.5 Å². The lowest BCUT2D eigenvalue weighted by Gasteiger charge is -2.25. The average Bonchev–Trinajstić information content (AvgIpc) is 2.68. The molecule has 0 saturated carbocycles. The van der Waals surface area contributed by atoms with Crippen molar-refractivity contribution in [2.24, 2.45) is 23.1 Å². The Morgan fingerprint density at radius 3 is 1.68 bits per heavy atom. The standard InChI is InChI=1S/C19H32N6O9/c1-8(2)5-11(24-16(30)9(20)6-15(28)29)18(32)23-10(3-4-13(21)26)17(31)25-12(19(33)34)7-14(22)27/h8-12H,3-7,20H2,1-2H3,(H2,21,26)(H2,22,27)(H,23,32)(H,24,30)(H,25,31)(H,28,29)(H,33,34). The Labute approximate surface area is 195 Å². The maximum atomic E-state index is 12.8. The smallest absolute Gasteiger partial charge is 0.326 e. The van der Waals surface area contributed by atoms with Crippen molar-refractivity contribution >= 4 is 41.5 Å². The van der Waals surface area contributed by atoms with Gasteiger partial charge in [0.05, 0.1) is 18.9 Å². The van der Waals surface area contributed by atoms with Crippen LogP contribution in [0, 0.1) is 5.92 Å². The van der Waals surface area contributed by atoms with E-state index in [1.54, 1.807) is 13.8 Å². The second-order valence-corrected chi connectivity index (χ2v) is 8.03. The number of amides is 5. The molecule has 4 atom stereocenters. The van der Waals surface area contributed by atoms with Gasteiger partial charge in [0, 0.05) is 6.42 Å². The second kappa shape index (κ2) is 14.4. The van der Waals surface area contributed by atoms with Crippen LogP contribution in [-0.4, -0.2) is 75.9 Å². The first kappa shape index (κ1) is 30.2. The van der Waals surface area contributed by atoms with E-state index < -0.39 is 78.5 Å². The van der Waals surface area contributed by atoms with Crippen molar-refractivity contribution in [3.05, 3.63) is 0 Å². The maximum Gasteiger partial charge on any atom is 0.326 e. The number of rotatable bonds is 16. The number of aliphatic carboxylic acids is 2. The maximum absolute atomic E-state index is 12.8. The number of carboxylic acid groups (broad SMARTS) is 2. The molecule has 0 heterocycles. The largest absolute Gasteiger partial charge is 0.481 e. The molecular weight excluding hydrogens is 456 g/mol. The first-order valence-corrected chi connectivity index (χ1v) is 10.3. The zero-order valence-electron chi connectivity index (χ0n) is 18.9. The minimum Gasteiger partial charge on any atom is -0.481 e. The van der Waals surface area contributed by atoms with Crippen molar-refractivity contribution < 1.29 is 43.8 Å². The minimum atomic E-state index is -1.68. The molecule has 0 fully saturated rings. The van der Waals surface area contributed by atoms with Crippen LogP contribution < -0.4 is 33.2 Å². The third-order valence-electron chi connectivity index (χ3n) is 4.40. The summed E-state index contributed by atoms with van der Waals surface area (Å²) in [6.45, 7) is 3.48. The number of primary amides is 2. The monoisotopic (exact) mass is 488 g/mol. The number of nitrogens with one attached hydrogen (secondary N) is 3. The predicted molar refractivity (Wildman–Crippen MR) is 115 cm³/mol. The molecule has 192 valence electrons. The molecule has 15 heteroatoms. The van der Waals surface area contributed by atoms with E-state index in [2.05, 4.69) is 16.0 Å². The van der Waals surface area contributed by atoms with Crippen molar-refractivity contribution in [3.63, 3.8) is 0 Å². The summed E-state index contributed by atoms with van der Waals surface area (Å²) in [5.74, 6) is -7.60. The van der Waals surface area contributed by atoms with E-state index in [1.165, 1.54) is 0 Å². The summed E-state index contributed by atoms with van der Waals surface area (Å²) in [5, 5.41) is 24.7. The lowest BCUT2D eigenvalue weighted by molar-refractivity contribution is -0.144. The molecule has 0 bridgehead atoms. The molecule has 0 aliphatic carbocycles. The van der Waals surface area contributed by atoms with Crippen LogP contribution in [0.4, 0.5) is 0 Å². The molecule has 0 aromatic heterocycles. The summed E-state index contributed by atoms with van der Waals surface area (Å²) in [6.07, 6.45) is -1.97. The molecular formula is C19H32N6O9. The Hall–Kier alpha value is -3.75. The van der Waals surface area contributed by atoms with E-state index in [0.29, 0.717) is 0 Å². The summed E-state index contributed by atoms with van der Waals surface area (Å²) in [5.41, 5.74) is 15.6. The summed E-state index contributed by atoms with van der Waals surface area (Å²) >= 11 is 0. The topological polar surface area (TPSA) is 274 Å². The Kier molecular flexibility index (Phi) is 12.8. The van der Waals surface area contributed by atoms with Gasteiger partial charge in [-0.2, -0.15) is 0 Å². The molecule has 4 unspecified atom stereocenters. The quantitative estimate of drug-likeness (QED) is 0.106. The van der Waals surface area contributed by atoms with Crippen LogP contribution in [0.2, 0.25) is 0 Å². The van der Waals surface area contributed by atoms with Crippen molar-refractivity contribution in [2.75, 3.05) is 0 Å². The van der Waals surface area contributed by atoms with Crippen LogP contribution in [0.5, 0.6) is 0 Å². The Morgan fingerprint density at radius 2 is 1.24 bits per heavy atom. The highest BCUT2D eigenvalue weighted by atomic mass is 16.4. The van der Waals surface area contributed by atoms with Gasteiger partial charge in [0.1, 0.15) is 18.1 Å². The third kappa shape index (κ3) is 12.3. The van der Waals surface area contributed by atoms with Crippen molar-refractivity contribution in [2.45, 2.75) is 70.1 Å². The number of nitrogens with two attached hydrogens (primary N) is 3. The van der Waals surface area contributed by atoms with Gasteiger partial charge in [-0.15, -0.1) is 0 Å². The summed E-state index contributed by atoms with van der Waals surface area (Å²) < 4.78 is 0. The normalized spacial score (nSPS) is 14.2. The van der Waals surface area contributed by atoms with Gasteiger partial charge in [-0.25, -0.2) is 4.79 Å². The molecule has 5 amide bonds. The van der Waals surface area contributed by atoms with Gasteiger partial charge in [0.15, 0.2) is 0 Å². The molecule has 0 rings (SSSR count). The van der Waals surface area contributed by atoms with Crippen LogP contribution >= 0.6 is 0 Å². The van der Waals surface area contributed by atoms with Crippen LogP contribution in [-0.2, 0) is 33.6 Å². The fourth-order valence-electron chi connectivity index (χ4n) is 2.76. The van der Waals surface area contributed by atoms with E-state index >= 15 is 0 Å². The van der Waals surface area contributed by atoms with Gasteiger partial charge < -0.3 is 43.4 Å². The molecule has 0 aromatic carbocycles. The zero-order valence-corrected chi connectivity index (χ0v) is 18.9. The van der Waals surface area contributed by atoms with E-state index in [-0.39, 0.29) is 25.2 Å². The highest BCUT2D eigenvalue weighted by molar-refractivity contribution is 5.95. The van der Waals surface area contributed by atoms with Crippen molar-refractivity contribution in [1.29, 1.82) is 0 Å². The first-order chi connectivity index (χ1) is 15.6. The van der Waals surface area contributed by atoms with E-state index in [4.69, 9.17) is 27.4 Å². The Balaban J connectivity index is 5.61. The zero-order chi connectivity index (χ0) is 26.6. The van der Waals surface area contributed by atoms with E-state index in [1.807, 2.05) is 0 Å². The number of hydrogen-bond donors (Lipinski definition) is 8. The van der Waals surface area contributed by atoms with Crippen LogP contribution in [0.1, 0.15) is 46.0 Å². The summed E-state index contributed by atoms with van der Waals surface area (Å²) in [6, 6.07) is -5.79. The molecule has 0 aliphatic rings. The summed E-state index contributed by atoms with van der Waals surface area (Å²) in [7, 11) is 0. The van der Waals surface area contributed by atoms with Crippen LogP contribution in [0.25, 0.3) is 0 Å². The van der Waals surface area contributed by atoms with Gasteiger partial charge >= 0.3 is 11.9 Å². The Bertz CT molecular complexity index is 801. The number of hydrogen-bond acceptors (Lipinski definition) is 8. The van der Waals surface area contributed by atoms with E-state index in [9.17, 15) is 33.6 Å². The predicted octanol–water partition coefficient (Wildman–Crippen LogP) is -3.49. The van der Waals surface area contributed by atoms with Crippen LogP contribution in [0.3, 0.4) is 0 Å². The summed E-state index contributed by atoms with van der Waals surface area (Å²) in [4.78, 5) is 82.0. The SMILES string of the molecule is CC(C)CC(NC(=O)C(N)CC(=O)O)C(=O)NC(CCC(N)=O)C(=O)NC(CC(N)=O)C(=O)O. The Morgan fingerprint density at radius 1 is 0.735 bits per heavy atom. The van der Waals surface area contributed by atoms with E-state index in [0.717, 1.165) is 0 Å². The highest BCUT2D eigenvalue weighted by Gasteiger charge is 2.31. The minimum absolute atomic E-state index is 0.0843. The molecule has 0 aliphatic heterocycles. The second-order valence-electron chi connectivity index (χ2n) is 8.03. The lowest BCUT2D eigenvalue weighted by Crippen LogP contribution is -2.57. The first-order valence-electron chi connectivity index (χ1n) is 10.3. The molecule has 0 aromatic rings. The van der Waals surface area contributed by atoms with Crippen molar-refractivity contribution in [3.8, 4) is 0 Å². The highest BCUT2D eigenvalue weighted by Crippen LogP contribution is 2.08. The number of carbonyl (C=O) groups excluding carboxylic acids is 5. The molecule has 11 N–H and O–H groups in total. The molecule has 34 heavy (non-hydrogen) atoms. The third-order valence-corrected chi connectivity index (χ3v) is 4.40. The van der Waals surface area contributed by atoms with Crippen LogP contribution in [0.15, 0.2) is 0 Å². The van der Waals surface area contributed by atoms with Gasteiger partial charge in [-0.05, 0) is 18.8 Å². The fourth-order valence-corrected chi connectivity index (χ4v) is 2.76. The number of carboxylic acids is 2. The molecule has 15 nitrogen and oxygen atoms in total. The molecule has 0 spiro atoms. The number of carbonyl (C=O) groups is 7. The lowest BCUT2D eigenvalue weighted by atomic mass is 10.0. The molecule has 0 saturated heterocycles.